The van der Waals surface area contributed by atoms with E-state index in [4.69, 9.17) is 9.72 Å². The summed E-state index contributed by atoms with van der Waals surface area (Å²) < 4.78 is 19.3. The van der Waals surface area contributed by atoms with E-state index in [1.165, 1.54) is 18.9 Å². The quantitative estimate of drug-likeness (QED) is 0.326. The van der Waals surface area contributed by atoms with Crippen molar-refractivity contribution in [1.29, 1.82) is 0 Å². The Morgan fingerprint density at radius 1 is 1.29 bits per heavy atom. The molecule has 35 heavy (non-hydrogen) atoms. The molecule has 0 saturated carbocycles. The number of ether oxygens (including phenoxy) is 1. The topological polar surface area (TPSA) is 113 Å². The van der Waals surface area contributed by atoms with E-state index in [1.807, 2.05) is 4.90 Å². The van der Waals surface area contributed by atoms with Gasteiger partial charge in [0.05, 0.1) is 18.5 Å². The number of carbonyl (C=O) groups is 1. The van der Waals surface area contributed by atoms with Crippen molar-refractivity contribution in [3.8, 4) is 0 Å². The molecule has 2 aromatic heterocycles. The van der Waals surface area contributed by atoms with E-state index in [-0.39, 0.29) is 13.2 Å². The van der Waals surface area contributed by atoms with Gasteiger partial charge >= 0.3 is 5.97 Å². The van der Waals surface area contributed by atoms with Crippen LogP contribution in [0.1, 0.15) is 42.6 Å². The van der Waals surface area contributed by atoms with Gasteiger partial charge in [0, 0.05) is 38.6 Å². The van der Waals surface area contributed by atoms with Gasteiger partial charge in [0.2, 0.25) is 0 Å². The van der Waals surface area contributed by atoms with Crippen LogP contribution in [0.5, 0.6) is 0 Å². The standard InChI is InChI=1S/C25H37FN6O3/c1-18-14-27-15-23(29-18)31-22(25(33)34)10-13-32(16-20(26)17-35-2)12-4-3-7-21-9-8-19-6-5-11-28-24(19)30-21/h8-9,14-15,20,22H,3-7,10-13,16-17H2,1-2H3,(H,28,30)(H,29,31)(H,33,34)/t20-,22?/m0/s1. The van der Waals surface area contributed by atoms with Gasteiger partial charge in [-0.2, -0.15) is 0 Å². The Morgan fingerprint density at radius 2 is 2.14 bits per heavy atom. The number of unbranched alkanes of at least 4 members (excludes halogenated alkanes) is 1. The lowest BCUT2D eigenvalue weighted by Gasteiger charge is -2.26. The van der Waals surface area contributed by atoms with Gasteiger partial charge in [-0.3, -0.25) is 4.98 Å². The highest BCUT2D eigenvalue weighted by molar-refractivity contribution is 5.76. The number of hydrogen-bond donors (Lipinski definition) is 3. The second-order valence-corrected chi connectivity index (χ2v) is 9.02. The van der Waals surface area contributed by atoms with Crippen LogP contribution in [0.3, 0.4) is 0 Å². The van der Waals surface area contributed by atoms with Crippen molar-refractivity contribution in [3.05, 3.63) is 41.5 Å². The average Bonchev–Trinajstić information content (AvgIpc) is 2.84. The Hall–Kier alpha value is -2.85. The first kappa shape index (κ1) is 26.7. The number of rotatable bonds is 15. The number of methoxy groups -OCH3 is 1. The molecule has 0 aromatic carbocycles. The molecule has 0 fully saturated rings. The normalized spacial score (nSPS) is 14.7. The number of hydrogen-bond acceptors (Lipinski definition) is 8. The number of carboxylic acids is 1. The van der Waals surface area contributed by atoms with Gasteiger partial charge in [-0.05, 0) is 63.6 Å². The maximum Gasteiger partial charge on any atom is 0.326 e. The number of halogens is 1. The lowest BCUT2D eigenvalue weighted by atomic mass is 10.1. The van der Waals surface area contributed by atoms with Gasteiger partial charge in [0.1, 0.15) is 23.8 Å². The van der Waals surface area contributed by atoms with Crippen molar-refractivity contribution in [3.63, 3.8) is 0 Å². The summed E-state index contributed by atoms with van der Waals surface area (Å²) in [6, 6.07) is 3.41. The number of alkyl halides is 1. The van der Waals surface area contributed by atoms with Gasteiger partial charge in [0.15, 0.2) is 0 Å². The van der Waals surface area contributed by atoms with Gasteiger partial charge in [-0.25, -0.2) is 19.2 Å². The molecule has 3 heterocycles. The summed E-state index contributed by atoms with van der Waals surface area (Å²) in [4.78, 5) is 26.9. The molecular weight excluding hydrogens is 451 g/mol. The van der Waals surface area contributed by atoms with Crippen molar-refractivity contribution < 1.29 is 19.0 Å². The fourth-order valence-electron chi connectivity index (χ4n) is 4.24. The van der Waals surface area contributed by atoms with Crippen LogP contribution in [-0.4, -0.2) is 83.0 Å². The Morgan fingerprint density at radius 3 is 2.91 bits per heavy atom. The van der Waals surface area contributed by atoms with E-state index in [0.29, 0.717) is 31.0 Å². The zero-order valence-corrected chi connectivity index (χ0v) is 20.7. The highest BCUT2D eigenvalue weighted by Gasteiger charge is 2.21. The molecule has 1 aliphatic rings. The summed E-state index contributed by atoms with van der Waals surface area (Å²) >= 11 is 0. The second kappa shape index (κ2) is 13.9. The number of anilines is 2. The minimum Gasteiger partial charge on any atom is -0.480 e. The van der Waals surface area contributed by atoms with Crippen molar-refractivity contribution >= 4 is 17.6 Å². The highest BCUT2D eigenvalue weighted by Crippen LogP contribution is 2.20. The van der Waals surface area contributed by atoms with Gasteiger partial charge in [0.25, 0.3) is 0 Å². The Balaban J connectivity index is 1.51. The summed E-state index contributed by atoms with van der Waals surface area (Å²) in [5.41, 5.74) is 3.03. The lowest BCUT2D eigenvalue weighted by molar-refractivity contribution is -0.138. The third-order valence-electron chi connectivity index (χ3n) is 6.02. The van der Waals surface area contributed by atoms with Crippen molar-refractivity contribution in [1.82, 2.24) is 19.9 Å². The molecule has 2 atom stereocenters. The zero-order valence-electron chi connectivity index (χ0n) is 20.7. The van der Waals surface area contributed by atoms with Crippen LogP contribution in [0.15, 0.2) is 24.5 Å². The van der Waals surface area contributed by atoms with Crippen LogP contribution >= 0.6 is 0 Å². The average molecular weight is 489 g/mol. The minimum absolute atomic E-state index is 0.0159. The third-order valence-corrected chi connectivity index (χ3v) is 6.02. The van der Waals surface area contributed by atoms with Crippen LogP contribution in [0.4, 0.5) is 16.0 Å². The molecule has 0 radical (unpaired) electrons. The van der Waals surface area contributed by atoms with E-state index < -0.39 is 18.2 Å². The van der Waals surface area contributed by atoms with Crippen molar-refractivity contribution in [2.45, 2.75) is 57.7 Å². The number of pyridine rings is 1. The van der Waals surface area contributed by atoms with Crippen LogP contribution < -0.4 is 10.6 Å². The maximum atomic E-state index is 14.3. The Bertz CT molecular complexity index is 947. The van der Waals surface area contributed by atoms with E-state index in [2.05, 4.69) is 32.7 Å². The predicted octanol–water partition coefficient (Wildman–Crippen LogP) is 3.10. The molecule has 1 aliphatic heterocycles. The molecule has 0 bridgehead atoms. The summed E-state index contributed by atoms with van der Waals surface area (Å²) in [6.07, 6.45) is 7.12. The van der Waals surface area contributed by atoms with Crippen LogP contribution in [0, 0.1) is 6.92 Å². The predicted molar refractivity (Wildman–Crippen MR) is 134 cm³/mol. The number of aryl methyl sites for hydroxylation is 3. The first-order valence-corrected chi connectivity index (χ1v) is 12.3. The van der Waals surface area contributed by atoms with Gasteiger partial charge in [-0.1, -0.05) is 6.07 Å². The summed E-state index contributed by atoms with van der Waals surface area (Å²) in [6.45, 7) is 4.09. The van der Waals surface area contributed by atoms with Crippen LogP contribution in [0.2, 0.25) is 0 Å². The molecule has 192 valence electrons. The second-order valence-electron chi connectivity index (χ2n) is 9.02. The van der Waals surface area contributed by atoms with E-state index in [0.717, 1.165) is 50.2 Å². The molecule has 10 heteroatoms. The van der Waals surface area contributed by atoms with Gasteiger partial charge in [-0.15, -0.1) is 0 Å². The SMILES string of the molecule is COC[C@@H](F)CN(CCCCc1ccc2c(n1)NCCC2)CCC(Nc1cncc(C)n1)C(=O)O. The number of nitrogens with one attached hydrogen (secondary N) is 2. The Kier molecular flexibility index (Phi) is 10.6. The van der Waals surface area contributed by atoms with Crippen molar-refractivity contribution in [2.75, 3.05) is 50.5 Å². The largest absolute Gasteiger partial charge is 0.480 e. The smallest absolute Gasteiger partial charge is 0.326 e. The number of nitrogens with zero attached hydrogens (tertiary/aromatic N) is 4. The minimum atomic E-state index is -1.13. The fraction of sp³-hybridized carbons (Fsp3) is 0.600. The Labute approximate surface area is 206 Å². The third kappa shape index (κ3) is 9.03. The summed E-state index contributed by atoms with van der Waals surface area (Å²) in [5, 5.41) is 16.0. The molecule has 0 spiro atoms. The number of fused-ring (bicyclic) bond motifs is 1. The lowest BCUT2D eigenvalue weighted by Crippen LogP contribution is -2.38. The maximum absolute atomic E-state index is 14.3. The molecule has 0 aliphatic carbocycles. The van der Waals surface area contributed by atoms with E-state index in [1.54, 1.807) is 13.1 Å². The molecule has 1 unspecified atom stereocenters. The fourth-order valence-corrected chi connectivity index (χ4v) is 4.24. The molecule has 3 rings (SSSR count). The molecule has 3 N–H and O–H groups in total. The van der Waals surface area contributed by atoms with Crippen molar-refractivity contribution in [2.24, 2.45) is 0 Å². The molecule has 2 aromatic rings. The highest BCUT2D eigenvalue weighted by atomic mass is 19.1. The van der Waals surface area contributed by atoms with E-state index in [9.17, 15) is 14.3 Å². The number of carboxylic acid groups (broad SMARTS) is 1. The van der Waals surface area contributed by atoms with Crippen LogP contribution in [0.25, 0.3) is 0 Å². The van der Waals surface area contributed by atoms with E-state index >= 15 is 0 Å². The number of aliphatic carboxylic acids is 1. The molecule has 0 amide bonds. The first-order chi connectivity index (χ1) is 16.9. The molecular formula is C25H37FN6O3. The van der Waals surface area contributed by atoms with Crippen LogP contribution in [-0.2, 0) is 22.4 Å². The molecule has 9 nitrogen and oxygen atoms in total. The monoisotopic (exact) mass is 488 g/mol. The summed E-state index contributed by atoms with van der Waals surface area (Å²) in [5.74, 6) is 0.438. The zero-order chi connectivity index (χ0) is 25.0. The number of aromatic nitrogens is 3. The van der Waals surface area contributed by atoms with Gasteiger partial charge < -0.3 is 25.4 Å². The summed E-state index contributed by atoms with van der Waals surface area (Å²) in [7, 11) is 1.48. The molecule has 0 saturated heterocycles. The first-order valence-electron chi connectivity index (χ1n) is 12.3.